The molecule has 0 saturated heterocycles. The molecule has 0 saturated carbocycles. The lowest BCUT2D eigenvalue weighted by atomic mass is 9.89. The number of ether oxygens (including phenoxy) is 1. The van der Waals surface area contributed by atoms with Crippen molar-refractivity contribution >= 4 is 12.6 Å². The topological polar surface area (TPSA) is 43.4 Å². The molecule has 0 aliphatic carbocycles. The number of hydrogen-bond donors (Lipinski definition) is 0. The van der Waals surface area contributed by atoms with Gasteiger partial charge >= 0.3 is 0 Å². The van der Waals surface area contributed by atoms with Gasteiger partial charge in [0.1, 0.15) is 5.75 Å². The first-order valence-corrected chi connectivity index (χ1v) is 7.55. The van der Waals surface area contributed by atoms with Crippen LogP contribution in [0, 0.1) is 0 Å². The Labute approximate surface area is 140 Å². The first-order chi connectivity index (χ1) is 11.8. The minimum atomic E-state index is 0.477. The molecule has 24 heavy (non-hydrogen) atoms. The molecule has 0 aliphatic rings. The van der Waals surface area contributed by atoms with E-state index in [9.17, 15) is 9.59 Å². The van der Waals surface area contributed by atoms with Crippen LogP contribution < -0.4 is 4.74 Å². The Morgan fingerprint density at radius 1 is 0.750 bits per heavy atom. The van der Waals surface area contributed by atoms with Crippen LogP contribution in [0.5, 0.6) is 5.75 Å². The van der Waals surface area contributed by atoms with Crippen LogP contribution in [0.25, 0.3) is 22.3 Å². The van der Waals surface area contributed by atoms with Gasteiger partial charge in [-0.05, 0) is 28.8 Å². The van der Waals surface area contributed by atoms with Gasteiger partial charge in [-0.25, -0.2) is 0 Å². The van der Waals surface area contributed by atoms with Crippen molar-refractivity contribution < 1.29 is 14.3 Å². The fraction of sp³-hybridized carbons (Fsp3) is 0.0476. The molecule has 0 spiro atoms. The molecule has 0 unspecified atom stereocenters. The van der Waals surface area contributed by atoms with Crippen LogP contribution in [0.2, 0.25) is 0 Å². The summed E-state index contributed by atoms with van der Waals surface area (Å²) < 4.78 is 5.34. The Morgan fingerprint density at radius 3 is 2.00 bits per heavy atom. The van der Waals surface area contributed by atoms with Crippen LogP contribution >= 0.6 is 0 Å². The normalized spacial score (nSPS) is 10.2. The molecule has 0 heterocycles. The van der Waals surface area contributed by atoms with Crippen molar-refractivity contribution in [3.05, 3.63) is 77.9 Å². The fourth-order valence-corrected chi connectivity index (χ4v) is 2.82. The van der Waals surface area contributed by atoms with Crippen molar-refractivity contribution in [1.82, 2.24) is 0 Å². The number of hydrogen-bond acceptors (Lipinski definition) is 3. The molecular weight excluding hydrogens is 300 g/mol. The molecule has 118 valence electrons. The zero-order valence-corrected chi connectivity index (χ0v) is 13.2. The van der Waals surface area contributed by atoms with E-state index in [4.69, 9.17) is 4.74 Å². The second-order valence-electron chi connectivity index (χ2n) is 5.32. The predicted octanol–water partition coefficient (Wildman–Crippen LogP) is 4.65. The monoisotopic (exact) mass is 316 g/mol. The van der Waals surface area contributed by atoms with Gasteiger partial charge in [0.05, 0.1) is 7.11 Å². The lowest BCUT2D eigenvalue weighted by Crippen LogP contribution is -1.97. The van der Waals surface area contributed by atoms with Crippen LogP contribution in [0.1, 0.15) is 20.7 Å². The smallest absolute Gasteiger partial charge is 0.150 e. The van der Waals surface area contributed by atoms with Gasteiger partial charge in [-0.3, -0.25) is 9.59 Å². The van der Waals surface area contributed by atoms with E-state index in [0.29, 0.717) is 22.4 Å². The van der Waals surface area contributed by atoms with Crippen molar-refractivity contribution in [3.63, 3.8) is 0 Å². The lowest BCUT2D eigenvalue weighted by Gasteiger charge is -2.15. The maximum absolute atomic E-state index is 11.5. The van der Waals surface area contributed by atoms with Crippen LogP contribution in [0.4, 0.5) is 0 Å². The van der Waals surface area contributed by atoms with Crippen molar-refractivity contribution in [1.29, 1.82) is 0 Å². The summed E-state index contributed by atoms with van der Waals surface area (Å²) in [7, 11) is 1.59. The standard InChI is InChI=1S/C21H16O3/c1-24-18-10-11-19(15-6-3-2-4-7-15)20(12-18)21-16(13-22)8-5-9-17(21)14-23/h2-14H,1H3. The van der Waals surface area contributed by atoms with E-state index in [2.05, 4.69) is 0 Å². The summed E-state index contributed by atoms with van der Waals surface area (Å²) >= 11 is 0. The zero-order valence-electron chi connectivity index (χ0n) is 13.2. The molecule has 0 aromatic heterocycles. The van der Waals surface area contributed by atoms with E-state index >= 15 is 0 Å². The highest BCUT2D eigenvalue weighted by molar-refractivity contribution is 6.01. The molecule has 0 aliphatic heterocycles. The highest BCUT2D eigenvalue weighted by Crippen LogP contribution is 2.37. The summed E-state index contributed by atoms with van der Waals surface area (Å²) in [6.45, 7) is 0. The van der Waals surface area contributed by atoms with Gasteiger partial charge in [-0.15, -0.1) is 0 Å². The number of aldehydes is 2. The van der Waals surface area contributed by atoms with Crippen LogP contribution in [-0.2, 0) is 0 Å². The van der Waals surface area contributed by atoms with Crippen LogP contribution in [-0.4, -0.2) is 19.7 Å². The van der Waals surface area contributed by atoms with E-state index in [-0.39, 0.29) is 0 Å². The van der Waals surface area contributed by atoms with Gasteiger partial charge in [0, 0.05) is 16.7 Å². The highest BCUT2D eigenvalue weighted by Gasteiger charge is 2.16. The Morgan fingerprint density at radius 2 is 1.42 bits per heavy atom. The maximum Gasteiger partial charge on any atom is 0.150 e. The first kappa shape index (κ1) is 15.7. The van der Waals surface area contributed by atoms with E-state index < -0.39 is 0 Å². The second-order valence-corrected chi connectivity index (χ2v) is 5.32. The summed E-state index contributed by atoms with van der Waals surface area (Å²) in [5.41, 5.74) is 4.32. The third kappa shape index (κ3) is 2.84. The summed E-state index contributed by atoms with van der Waals surface area (Å²) in [6.07, 6.45) is 1.55. The van der Waals surface area contributed by atoms with Gasteiger partial charge in [0.15, 0.2) is 12.6 Å². The van der Waals surface area contributed by atoms with Crippen molar-refractivity contribution in [3.8, 4) is 28.0 Å². The number of carbonyl (C=O) groups is 2. The van der Waals surface area contributed by atoms with Crippen LogP contribution in [0.15, 0.2) is 66.7 Å². The lowest BCUT2D eigenvalue weighted by molar-refractivity contribution is 0.112. The van der Waals surface area contributed by atoms with Gasteiger partial charge < -0.3 is 4.74 Å². The van der Waals surface area contributed by atoms with Crippen molar-refractivity contribution in [2.75, 3.05) is 7.11 Å². The molecule has 3 rings (SSSR count). The third-order valence-electron chi connectivity index (χ3n) is 3.96. The van der Waals surface area contributed by atoms with E-state index in [1.54, 1.807) is 25.3 Å². The number of rotatable bonds is 5. The second kappa shape index (κ2) is 6.92. The number of carbonyl (C=O) groups excluding carboxylic acids is 2. The molecule has 3 aromatic rings. The highest BCUT2D eigenvalue weighted by atomic mass is 16.5. The van der Waals surface area contributed by atoms with Gasteiger partial charge in [0.2, 0.25) is 0 Å². The molecule has 0 bridgehead atoms. The first-order valence-electron chi connectivity index (χ1n) is 7.55. The molecule has 3 nitrogen and oxygen atoms in total. The SMILES string of the molecule is COc1ccc(-c2ccccc2)c(-c2c(C=O)cccc2C=O)c1. The molecule has 3 heteroatoms. The Balaban J connectivity index is 2.35. The quantitative estimate of drug-likeness (QED) is 0.643. The maximum atomic E-state index is 11.5. The van der Waals surface area contributed by atoms with Gasteiger partial charge in [-0.1, -0.05) is 54.6 Å². The minimum Gasteiger partial charge on any atom is -0.497 e. The Hall–Kier alpha value is -3.20. The van der Waals surface area contributed by atoms with Gasteiger partial charge in [0.25, 0.3) is 0 Å². The Kier molecular flexibility index (Phi) is 4.52. The molecular formula is C21H16O3. The van der Waals surface area contributed by atoms with Crippen LogP contribution in [0.3, 0.4) is 0 Å². The molecule has 0 amide bonds. The number of methoxy groups -OCH3 is 1. The van der Waals surface area contributed by atoms with Crippen molar-refractivity contribution in [2.45, 2.75) is 0 Å². The Bertz CT molecular complexity index is 857. The molecule has 0 N–H and O–H groups in total. The summed E-state index contributed by atoms with van der Waals surface area (Å²) in [4.78, 5) is 23.0. The largest absolute Gasteiger partial charge is 0.497 e. The van der Waals surface area contributed by atoms with Gasteiger partial charge in [-0.2, -0.15) is 0 Å². The summed E-state index contributed by atoms with van der Waals surface area (Å²) in [6, 6.07) is 20.7. The molecule has 0 atom stereocenters. The summed E-state index contributed by atoms with van der Waals surface area (Å²) in [5.74, 6) is 0.669. The number of benzene rings is 3. The predicted molar refractivity (Wildman–Crippen MR) is 94.6 cm³/mol. The average molecular weight is 316 g/mol. The minimum absolute atomic E-state index is 0.477. The van der Waals surface area contributed by atoms with E-state index in [1.165, 1.54) is 0 Å². The van der Waals surface area contributed by atoms with E-state index in [1.807, 2.05) is 48.5 Å². The summed E-state index contributed by atoms with van der Waals surface area (Å²) in [5, 5.41) is 0. The third-order valence-corrected chi connectivity index (χ3v) is 3.96. The molecule has 3 aromatic carbocycles. The fourth-order valence-electron chi connectivity index (χ4n) is 2.82. The molecule has 0 fully saturated rings. The van der Waals surface area contributed by atoms with E-state index in [0.717, 1.165) is 29.3 Å². The average Bonchev–Trinajstić information content (AvgIpc) is 2.67. The molecule has 0 radical (unpaired) electrons. The zero-order chi connectivity index (χ0) is 16.9. The van der Waals surface area contributed by atoms with Crippen molar-refractivity contribution in [2.24, 2.45) is 0 Å².